The van der Waals surface area contributed by atoms with Crippen molar-refractivity contribution in [2.75, 3.05) is 20.6 Å². The molecule has 0 aliphatic heterocycles. The van der Waals surface area contributed by atoms with Crippen LogP contribution in [0.3, 0.4) is 0 Å². The second kappa shape index (κ2) is 6.04. The first-order valence-electron chi connectivity index (χ1n) is 5.32. The van der Waals surface area contributed by atoms with E-state index in [1.807, 2.05) is 19.1 Å². The highest BCUT2D eigenvalue weighted by Crippen LogP contribution is 2.10. The number of rotatable bonds is 2. The Labute approximate surface area is 102 Å². The molecule has 90 valence electrons. The molecule has 4 nitrogen and oxygen atoms in total. The van der Waals surface area contributed by atoms with Gasteiger partial charge >= 0.3 is 0 Å². The number of amides is 1. The summed E-state index contributed by atoms with van der Waals surface area (Å²) in [7, 11) is 3.54. The van der Waals surface area contributed by atoms with Gasteiger partial charge in [0, 0.05) is 25.2 Å². The predicted molar refractivity (Wildman–Crippen MR) is 68.3 cm³/mol. The number of hydrogen-bond donors (Lipinski definition) is 2. The van der Waals surface area contributed by atoms with Crippen LogP contribution < -0.4 is 11.2 Å². The second-order valence-electron chi connectivity index (χ2n) is 3.87. The summed E-state index contributed by atoms with van der Waals surface area (Å²) < 4.78 is 0. The van der Waals surface area contributed by atoms with Crippen molar-refractivity contribution in [2.24, 2.45) is 5.73 Å². The van der Waals surface area contributed by atoms with E-state index < -0.39 is 0 Å². The fourth-order valence-corrected chi connectivity index (χ4v) is 1.36. The van der Waals surface area contributed by atoms with E-state index in [1.54, 1.807) is 25.2 Å². The molecule has 0 fully saturated rings. The van der Waals surface area contributed by atoms with Gasteiger partial charge < -0.3 is 5.73 Å². The predicted octanol–water partition coefficient (Wildman–Crippen LogP) is 0.512. The van der Waals surface area contributed by atoms with Gasteiger partial charge in [-0.1, -0.05) is 11.8 Å². The van der Waals surface area contributed by atoms with Crippen molar-refractivity contribution in [1.82, 2.24) is 10.4 Å². The van der Waals surface area contributed by atoms with E-state index in [9.17, 15) is 4.79 Å². The van der Waals surface area contributed by atoms with Gasteiger partial charge in [0.15, 0.2) is 0 Å². The van der Waals surface area contributed by atoms with E-state index >= 15 is 0 Å². The third-order valence-electron chi connectivity index (χ3n) is 2.14. The number of carbonyl (C=O) groups is 1. The first-order chi connectivity index (χ1) is 8.04. The molecule has 3 N–H and O–H groups in total. The van der Waals surface area contributed by atoms with E-state index in [1.165, 1.54) is 0 Å². The van der Waals surface area contributed by atoms with Crippen LogP contribution in [0, 0.1) is 18.8 Å². The van der Waals surface area contributed by atoms with Crippen LogP contribution in [-0.4, -0.2) is 31.6 Å². The Kier molecular flexibility index (Phi) is 4.70. The minimum Gasteiger partial charge on any atom is -0.320 e. The third-order valence-corrected chi connectivity index (χ3v) is 2.14. The molecule has 1 amide bonds. The fraction of sp³-hybridized carbons (Fsp3) is 0.308. The van der Waals surface area contributed by atoms with Gasteiger partial charge in [-0.05, 0) is 30.7 Å². The van der Waals surface area contributed by atoms with Crippen molar-refractivity contribution in [3.63, 3.8) is 0 Å². The summed E-state index contributed by atoms with van der Waals surface area (Å²) in [5.41, 5.74) is 10.5. The van der Waals surface area contributed by atoms with Crippen LogP contribution in [0.15, 0.2) is 18.2 Å². The summed E-state index contributed by atoms with van der Waals surface area (Å²) in [6.07, 6.45) is 0. The lowest BCUT2D eigenvalue weighted by atomic mass is 10.1. The smallest absolute Gasteiger partial charge is 0.265 e. The highest BCUT2D eigenvalue weighted by Gasteiger charge is 2.07. The molecule has 0 heterocycles. The minimum atomic E-state index is -0.128. The lowest BCUT2D eigenvalue weighted by Gasteiger charge is -2.12. The Bertz CT molecular complexity index is 469. The molecule has 1 aromatic rings. The summed E-state index contributed by atoms with van der Waals surface area (Å²) in [6.45, 7) is 2.26. The summed E-state index contributed by atoms with van der Waals surface area (Å²) in [5, 5.41) is 1.61. The normalized spacial score (nSPS) is 9.71. The average Bonchev–Trinajstić information content (AvgIpc) is 2.26. The highest BCUT2D eigenvalue weighted by molar-refractivity contribution is 5.94. The Morgan fingerprint density at radius 1 is 1.47 bits per heavy atom. The molecule has 0 radical (unpaired) electrons. The molecule has 0 aliphatic carbocycles. The Morgan fingerprint density at radius 2 is 2.18 bits per heavy atom. The Hall–Kier alpha value is -1.83. The SMILES string of the molecule is Cc1cc(C(=O)NN(C)C)ccc1C#CCN. The molecule has 0 spiro atoms. The van der Waals surface area contributed by atoms with Gasteiger partial charge in [-0.25, -0.2) is 5.01 Å². The van der Waals surface area contributed by atoms with Gasteiger partial charge in [0.1, 0.15) is 0 Å². The van der Waals surface area contributed by atoms with Crippen molar-refractivity contribution < 1.29 is 4.79 Å². The number of aryl methyl sites for hydroxylation is 1. The van der Waals surface area contributed by atoms with Crippen molar-refractivity contribution in [3.05, 3.63) is 34.9 Å². The zero-order chi connectivity index (χ0) is 12.8. The van der Waals surface area contributed by atoms with Gasteiger partial charge in [-0.2, -0.15) is 0 Å². The monoisotopic (exact) mass is 231 g/mol. The van der Waals surface area contributed by atoms with E-state index in [4.69, 9.17) is 5.73 Å². The maximum atomic E-state index is 11.7. The molecule has 0 saturated heterocycles. The largest absolute Gasteiger partial charge is 0.320 e. The minimum absolute atomic E-state index is 0.128. The molecule has 17 heavy (non-hydrogen) atoms. The number of nitrogens with two attached hydrogens (primary N) is 1. The molecular formula is C13H17N3O. The van der Waals surface area contributed by atoms with Gasteiger partial charge in [0.25, 0.3) is 5.91 Å². The van der Waals surface area contributed by atoms with Gasteiger partial charge in [-0.15, -0.1) is 0 Å². The Morgan fingerprint density at radius 3 is 2.71 bits per heavy atom. The quantitative estimate of drug-likeness (QED) is 0.576. The van der Waals surface area contributed by atoms with Crippen LogP contribution in [0.4, 0.5) is 0 Å². The van der Waals surface area contributed by atoms with Gasteiger partial charge in [0.2, 0.25) is 0 Å². The van der Waals surface area contributed by atoms with Crippen molar-refractivity contribution in [1.29, 1.82) is 0 Å². The third kappa shape index (κ3) is 3.91. The zero-order valence-electron chi connectivity index (χ0n) is 10.4. The fourth-order valence-electron chi connectivity index (χ4n) is 1.36. The zero-order valence-corrected chi connectivity index (χ0v) is 10.4. The topological polar surface area (TPSA) is 58.4 Å². The highest BCUT2D eigenvalue weighted by atomic mass is 16.2. The maximum Gasteiger partial charge on any atom is 0.265 e. The first kappa shape index (κ1) is 13.2. The van der Waals surface area contributed by atoms with Crippen molar-refractivity contribution in [3.8, 4) is 11.8 Å². The van der Waals surface area contributed by atoms with E-state index in [0.29, 0.717) is 12.1 Å². The number of hydrazine groups is 1. The molecule has 4 heteroatoms. The molecule has 0 bridgehead atoms. The molecule has 0 unspecified atom stereocenters. The molecule has 0 aromatic heterocycles. The summed E-state index contributed by atoms with van der Waals surface area (Å²) in [4.78, 5) is 11.7. The van der Waals surface area contributed by atoms with Crippen LogP contribution in [-0.2, 0) is 0 Å². The van der Waals surface area contributed by atoms with Crippen molar-refractivity contribution >= 4 is 5.91 Å². The molecular weight excluding hydrogens is 214 g/mol. The summed E-state index contributed by atoms with van der Waals surface area (Å²) in [6, 6.07) is 5.41. The molecule has 0 atom stereocenters. The van der Waals surface area contributed by atoms with Gasteiger partial charge in [0.05, 0.1) is 6.54 Å². The number of nitrogens with zero attached hydrogens (tertiary/aromatic N) is 1. The second-order valence-corrected chi connectivity index (χ2v) is 3.87. The number of carbonyl (C=O) groups excluding carboxylic acids is 1. The molecule has 1 rings (SSSR count). The summed E-state index contributed by atoms with van der Waals surface area (Å²) in [5.74, 6) is 5.63. The lowest BCUT2D eigenvalue weighted by Crippen LogP contribution is -2.36. The van der Waals surface area contributed by atoms with Crippen molar-refractivity contribution in [2.45, 2.75) is 6.92 Å². The molecule has 0 aliphatic rings. The number of hydrogen-bond acceptors (Lipinski definition) is 3. The lowest BCUT2D eigenvalue weighted by molar-refractivity contribution is 0.0857. The van der Waals surface area contributed by atoms with Crippen LogP contribution in [0.1, 0.15) is 21.5 Å². The average molecular weight is 231 g/mol. The Balaban J connectivity index is 2.92. The first-order valence-corrected chi connectivity index (χ1v) is 5.32. The summed E-state index contributed by atoms with van der Waals surface area (Å²) >= 11 is 0. The standard InChI is InChI=1S/C13H17N3O/c1-10-9-12(13(17)15-16(2)3)7-6-11(10)5-4-8-14/h6-7,9H,8,14H2,1-3H3,(H,15,17). The van der Waals surface area contributed by atoms with Crippen LogP contribution in [0.5, 0.6) is 0 Å². The number of benzene rings is 1. The number of nitrogens with one attached hydrogen (secondary N) is 1. The molecule has 0 saturated carbocycles. The van der Waals surface area contributed by atoms with Gasteiger partial charge in [-0.3, -0.25) is 10.2 Å². The van der Waals surface area contributed by atoms with E-state index in [0.717, 1.165) is 11.1 Å². The van der Waals surface area contributed by atoms with E-state index in [-0.39, 0.29) is 5.91 Å². The maximum absolute atomic E-state index is 11.7. The van der Waals surface area contributed by atoms with Crippen LogP contribution in [0.2, 0.25) is 0 Å². The van der Waals surface area contributed by atoms with Crippen LogP contribution in [0.25, 0.3) is 0 Å². The van der Waals surface area contributed by atoms with E-state index in [2.05, 4.69) is 17.3 Å². The molecule has 1 aromatic carbocycles. The van der Waals surface area contributed by atoms with Crippen LogP contribution >= 0.6 is 0 Å².